The molecule has 0 aromatic heterocycles. The minimum atomic E-state index is -0.838. The standard InChI is InChI=1S/C30H33N3O4.C14H20N2O.C8H16N2O.C8H18N2O.C7H14.C6H14N2.4C6H6.C4H9N.2C4H8O.3C3H6O.2C3H8.C2H6/c1-20(34)28(21-11-4-3-5-12-21)33-29(35)27(17-10-18-31-2)32-30(36)37-19-26-24-15-8-6-13-22(24)23-14-7-9-16-25(23)26;1-12(17)14(13-6-4-3-5-7-13)16-10-8-15(2)9-11-16;1-8(11)7-10-5-3-9(2)4-6-10;1-7(11)8(9)5-3-4-6-10-2;1-7-5-3-2-4-6-7;1-7-3-5-8(2)6-4-7;4*1-2-4-6-5-3-1;1-5-3-2-4-5;2*1-3-4(2)5;3*1-3(2)4;2*1-3-2;1-2/h3-9,11-16,26-28,31H,10,17-19H2,1-2H3,(H,32,36)(H,33,35);3-7,14H,8-11H2,1-2H3;3-7H2,1-2H3;8,10H,3-6,9H2,1-2H3;7H,2-6H2,1H3;3-6H2,1-2H3;4*1-6H;2-4H2,1H3;2*3H2,1-2H3;3*1-2H3;2*3H2,1-2H3;1-2H3. The number of likely N-dealkylation sites (N-methyl/N-ethyl adjacent to an activating group) is 4. The molecule has 150 heavy (non-hydrogen) atoms. The number of nitrogens with zero attached hydrogens (tertiary/aromatic N) is 7. The van der Waals surface area contributed by atoms with Crippen molar-refractivity contribution in [2.75, 3.05) is 167 Å². The van der Waals surface area contributed by atoms with Crippen LogP contribution in [0.3, 0.4) is 0 Å². The van der Waals surface area contributed by atoms with E-state index in [1.807, 2.05) is 260 Å². The number of carbonyl (C=O) groups excluding carboxylic acids is 11. The molecule has 6 N–H and O–H groups in total. The molecule has 4 atom stereocenters. The topological polar surface area (TPSA) is 294 Å². The van der Waals surface area contributed by atoms with E-state index in [9.17, 15) is 52.7 Å². The average Bonchev–Trinajstić information content (AvgIpc) is 1.61. The van der Waals surface area contributed by atoms with Crippen molar-refractivity contribution in [1.29, 1.82) is 0 Å². The number of fused-ring (bicyclic) bond motifs is 3. The molecule has 6 aliphatic rings. The molecule has 0 radical (unpaired) electrons. The number of benzene rings is 8. The van der Waals surface area contributed by atoms with Gasteiger partial charge in [-0.15, -0.1) is 0 Å². The molecule has 4 aliphatic heterocycles. The van der Waals surface area contributed by atoms with E-state index in [0.29, 0.717) is 44.3 Å². The van der Waals surface area contributed by atoms with Crippen molar-refractivity contribution in [3.05, 3.63) is 277 Å². The zero-order chi connectivity index (χ0) is 114. The summed E-state index contributed by atoms with van der Waals surface area (Å²) >= 11 is 0. The van der Waals surface area contributed by atoms with Gasteiger partial charge in [0.1, 0.15) is 59.2 Å². The molecular weight excluding hydrogens is 1870 g/mol. The molecule has 4 heterocycles. The van der Waals surface area contributed by atoms with Gasteiger partial charge in [-0.1, -0.05) is 368 Å². The molecule has 840 valence electrons. The van der Waals surface area contributed by atoms with Crippen LogP contribution in [0.1, 0.15) is 282 Å². The Morgan fingerprint density at radius 3 is 0.927 bits per heavy atom. The number of Topliss-reactive ketones (excluding diaryl/α,β-unsaturated/α-hetero) is 9. The minimum absolute atomic E-state index is 0.0649. The summed E-state index contributed by atoms with van der Waals surface area (Å²) in [7, 11) is 14.5. The number of nitrogens with two attached hydrogens (primary N) is 1. The number of nitrogens with one attached hydrogen (secondary N) is 4. The van der Waals surface area contributed by atoms with Crippen molar-refractivity contribution in [3.63, 3.8) is 0 Å². The van der Waals surface area contributed by atoms with Gasteiger partial charge < -0.3 is 80.2 Å². The molecular formula is C126H204N12O12. The van der Waals surface area contributed by atoms with Crippen molar-refractivity contribution in [2.24, 2.45) is 11.7 Å². The Bertz CT molecular complexity index is 4190. The Morgan fingerprint density at radius 2 is 0.647 bits per heavy atom. The quantitative estimate of drug-likeness (QED) is 0.0351. The number of likely N-dealkylation sites (tertiary alicyclic amines) is 1. The molecule has 2 aliphatic carbocycles. The third-order valence-electron chi connectivity index (χ3n) is 22.2. The van der Waals surface area contributed by atoms with Crippen LogP contribution in [-0.4, -0.2) is 278 Å². The Hall–Kier alpha value is -10.9. The molecule has 14 rings (SSSR count). The first-order valence-corrected chi connectivity index (χ1v) is 54.6. The average molecular weight is 2080 g/mol. The normalized spacial score (nSPS) is 14.2. The zero-order valence-electron chi connectivity index (χ0n) is 98.2. The molecule has 4 unspecified atom stereocenters. The van der Waals surface area contributed by atoms with Gasteiger partial charge in [0.15, 0.2) is 11.6 Å². The summed E-state index contributed by atoms with van der Waals surface area (Å²) in [6.07, 6.45) is 16.0. The number of piperazine rings is 3. The van der Waals surface area contributed by atoms with E-state index in [1.54, 1.807) is 46.8 Å². The van der Waals surface area contributed by atoms with Crippen molar-refractivity contribution >= 4 is 64.0 Å². The SMILES string of the molecule is CC.CC(=O)C(c1ccccc1)N1CCN(C)CC1.CC(=O)CN1CCN(C)CC1.CC(C)=O.CC(C)=O.CC(C)=O.CC1CCCCC1.CCC.CCC.CCC(C)=O.CCC(C)=O.CN1CCC1.CN1CCN(C)CC1.CNCCCC(NC(=O)OCC1c2ccccc2-c2ccccc21)C(=O)NC(C(C)=O)c1ccccc1.CNCCCCC(N)C(C)=O.c1ccccc1.c1ccccc1.c1ccccc1.c1ccccc1. The lowest BCUT2D eigenvalue weighted by Gasteiger charge is -2.37. The first-order valence-electron chi connectivity index (χ1n) is 54.6. The second kappa shape index (κ2) is 103. The minimum Gasteiger partial charge on any atom is -0.449 e. The highest BCUT2D eigenvalue weighted by molar-refractivity contribution is 5.92. The van der Waals surface area contributed by atoms with E-state index in [2.05, 4.69) is 150 Å². The summed E-state index contributed by atoms with van der Waals surface area (Å²) in [4.78, 5) is 136. The predicted octanol–water partition coefficient (Wildman–Crippen LogP) is 23.2. The third kappa shape index (κ3) is 91.0. The van der Waals surface area contributed by atoms with Gasteiger partial charge in [-0.25, -0.2) is 4.79 Å². The van der Waals surface area contributed by atoms with Crippen LogP contribution < -0.4 is 27.0 Å². The molecule has 1 saturated carbocycles. The van der Waals surface area contributed by atoms with Gasteiger partial charge in [0.25, 0.3) is 0 Å². The molecule has 2 amide bonds. The highest BCUT2D eigenvalue weighted by Gasteiger charge is 2.32. The first-order chi connectivity index (χ1) is 71.7. The van der Waals surface area contributed by atoms with Crippen LogP contribution >= 0.6 is 0 Å². The van der Waals surface area contributed by atoms with Crippen molar-refractivity contribution in [3.8, 4) is 11.1 Å². The number of carbonyl (C=O) groups is 11. The summed E-state index contributed by atoms with van der Waals surface area (Å²) in [6.45, 7) is 55.5. The van der Waals surface area contributed by atoms with Gasteiger partial charge in [-0.3, -0.25) is 33.8 Å². The van der Waals surface area contributed by atoms with Gasteiger partial charge in [-0.05, 0) is 230 Å². The fourth-order valence-corrected chi connectivity index (χ4v) is 13.7. The van der Waals surface area contributed by atoms with Crippen LogP contribution in [0.4, 0.5) is 4.79 Å². The summed E-state index contributed by atoms with van der Waals surface area (Å²) in [5, 5.41) is 11.6. The van der Waals surface area contributed by atoms with Gasteiger partial charge in [0.2, 0.25) is 5.91 Å². The number of hydrogen-bond donors (Lipinski definition) is 5. The van der Waals surface area contributed by atoms with E-state index in [0.717, 1.165) is 112 Å². The molecule has 8 aromatic carbocycles. The fourth-order valence-electron chi connectivity index (χ4n) is 13.7. The van der Waals surface area contributed by atoms with Crippen LogP contribution in [0, 0.1) is 5.92 Å². The Kier molecular flexibility index (Phi) is 101. The number of ether oxygens (including phenoxy) is 1. The number of amides is 2. The Morgan fingerprint density at radius 1 is 0.353 bits per heavy atom. The molecule has 5 fully saturated rings. The van der Waals surface area contributed by atoms with E-state index in [4.69, 9.17) is 10.5 Å². The number of hydrogen-bond acceptors (Lipinski definition) is 22. The third-order valence-corrected chi connectivity index (χ3v) is 22.2. The number of unbranched alkanes of at least 4 members (excludes halogenated alkanes) is 1. The highest BCUT2D eigenvalue weighted by atomic mass is 16.5. The van der Waals surface area contributed by atoms with Crippen LogP contribution in [0.5, 0.6) is 0 Å². The largest absolute Gasteiger partial charge is 0.449 e. The lowest BCUT2D eigenvalue weighted by molar-refractivity contribution is -0.128. The van der Waals surface area contributed by atoms with Crippen LogP contribution in [0.2, 0.25) is 0 Å². The highest BCUT2D eigenvalue weighted by Crippen LogP contribution is 2.44. The fraction of sp³-hybridized carbons (Fsp3) is 0.532. The van der Waals surface area contributed by atoms with Gasteiger partial charge >= 0.3 is 6.09 Å². The second-order valence-electron chi connectivity index (χ2n) is 38.0. The number of alkyl carbamates (subject to hydrolysis) is 1. The molecule has 8 aromatic rings. The van der Waals surface area contributed by atoms with Crippen molar-refractivity contribution in [1.82, 2.24) is 55.6 Å². The van der Waals surface area contributed by atoms with Gasteiger partial charge in [0.05, 0.1) is 18.6 Å². The molecule has 0 spiro atoms. The number of rotatable bonds is 24. The van der Waals surface area contributed by atoms with Crippen LogP contribution in [0.25, 0.3) is 11.1 Å². The summed E-state index contributed by atoms with van der Waals surface area (Å²) < 4.78 is 5.65. The second-order valence-corrected chi connectivity index (χ2v) is 38.0. The lowest BCUT2D eigenvalue weighted by Crippen LogP contribution is -2.49. The maximum absolute atomic E-state index is 13.2. The van der Waals surface area contributed by atoms with E-state index >= 15 is 0 Å². The monoisotopic (exact) mass is 2080 g/mol. The zero-order valence-corrected chi connectivity index (χ0v) is 98.2. The smallest absolute Gasteiger partial charge is 0.407 e. The van der Waals surface area contributed by atoms with E-state index < -0.39 is 24.1 Å². The van der Waals surface area contributed by atoms with Crippen molar-refractivity contribution < 1.29 is 57.5 Å². The van der Waals surface area contributed by atoms with Crippen molar-refractivity contribution in [2.45, 2.75) is 272 Å². The maximum Gasteiger partial charge on any atom is 0.407 e. The number of ketones is 9. The molecule has 24 heteroatoms. The van der Waals surface area contributed by atoms with Crippen LogP contribution in [-0.2, 0) is 52.7 Å². The van der Waals surface area contributed by atoms with Crippen LogP contribution in [0.15, 0.2) is 255 Å². The maximum atomic E-state index is 13.2. The lowest BCUT2D eigenvalue weighted by atomic mass is 9.91. The first kappa shape index (κ1) is 148. The van der Waals surface area contributed by atoms with Gasteiger partial charge in [-0.2, -0.15) is 0 Å². The molecule has 4 saturated heterocycles. The summed E-state index contributed by atoms with van der Waals surface area (Å²) in [6, 6.07) is 81.5. The van der Waals surface area contributed by atoms with E-state index in [-0.39, 0.29) is 76.7 Å². The molecule has 0 bridgehead atoms. The van der Waals surface area contributed by atoms with E-state index in [1.165, 1.54) is 139 Å². The van der Waals surface area contributed by atoms with Gasteiger partial charge in [0, 0.05) is 97.3 Å². The molecule has 24 nitrogen and oxygen atoms in total. The Balaban J connectivity index is -0.000000531. The predicted molar refractivity (Wildman–Crippen MR) is 633 cm³/mol. The summed E-state index contributed by atoms with van der Waals surface area (Å²) in [5.41, 5.74) is 11.9. The Labute approximate surface area is 910 Å². The summed E-state index contributed by atoms with van der Waals surface area (Å²) in [5.74, 6) is 1.96.